The van der Waals surface area contributed by atoms with Gasteiger partial charge in [-0.3, -0.25) is 0 Å². The highest BCUT2D eigenvalue weighted by molar-refractivity contribution is 9.10. The molecule has 0 spiro atoms. The summed E-state index contributed by atoms with van der Waals surface area (Å²) in [6.07, 6.45) is 2.14. The summed E-state index contributed by atoms with van der Waals surface area (Å²) >= 11 is 3.59. The second kappa shape index (κ2) is 4.75. The van der Waals surface area contributed by atoms with Gasteiger partial charge in [-0.25, -0.2) is 0 Å². The van der Waals surface area contributed by atoms with E-state index in [-0.39, 0.29) is 0 Å². The number of fused-ring (bicyclic) bond motifs is 1. The number of benzene rings is 1. The molecule has 0 bridgehead atoms. The first-order valence-corrected chi connectivity index (χ1v) is 7.01. The van der Waals surface area contributed by atoms with Crippen molar-refractivity contribution in [2.45, 2.75) is 19.4 Å². The van der Waals surface area contributed by atoms with Crippen molar-refractivity contribution in [3.8, 4) is 22.9 Å². The molecule has 2 aromatic rings. The third-order valence-corrected chi connectivity index (χ3v) is 4.36. The molecule has 3 rings (SSSR count). The van der Waals surface area contributed by atoms with Gasteiger partial charge in [-0.2, -0.15) is 5.26 Å². The van der Waals surface area contributed by atoms with E-state index in [1.807, 2.05) is 24.3 Å². The quantitative estimate of drug-likeness (QED) is 0.846. The van der Waals surface area contributed by atoms with Gasteiger partial charge in [-0.1, -0.05) is 12.1 Å². The molecule has 0 saturated heterocycles. The molecule has 0 radical (unpaired) electrons. The molecule has 0 unspecified atom stereocenters. The monoisotopic (exact) mass is 316 g/mol. The number of halogens is 1. The lowest BCUT2D eigenvalue weighted by atomic mass is 10.0. The Labute approximate surface area is 120 Å². The van der Waals surface area contributed by atoms with E-state index in [1.54, 1.807) is 7.11 Å². The first kappa shape index (κ1) is 12.3. The Balaban J connectivity index is 2.17. The third-order valence-electron chi connectivity index (χ3n) is 3.59. The lowest BCUT2D eigenvalue weighted by Crippen LogP contribution is -1.95. The van der Waals surface area contributed by atoms with E-state index in [0.717, 1.165) is 46.4 Å². The van der Waals surface area contributed by atoms with Crippen molar-refractivity contribution in [2.24, 2.45) is 0 Å². The van der Waals surface area contributed by atoms with Crippen LogP contribution in [-0.2, 0) is 13.0 Å². The summed E-state index contributed by atoms with van der Waals surface area (Å²) in [5.41, 5.74) is 4.27. The van der Waals surface area contributed by atoms with Crippen LogP contribution in [0.1, 0.15) is 17.8 Å². The Hall–Kier alpha value is -1.73. The highest BCUT2D eigenvalue weighted by Crippen LogP contribution is 2.40. The lowest BCUT2D eigenvalue weighted by molar-refractivity contribution is 0.415. The summed E-state index contributed by atoms with van der Waals surface area (Å²) in [7, 11) is 1.66. The molecule has 0 fully saturated rings. The van der Waals surface area contributed by atoms with E-state index in [0.29, 0.717) is 0 Å². The maximum absolute atomic E-state index is 9.30. The van der Waals surface area contributed by atoms with E-state index >= 15 is 0 Å². The van der Waals surface area contributed by atoms with Crippen molar-refractivity contribution in [3.63, 3.8) is 0 Å². The zero-order chi connectivity index (χ0) is 13.4. The number of rotatable bonds is 2. The van der Waals surface area contributed by atoms with Crippen LogP contribution in [0.4, 0.5) is 0 Å². The van der Waals surface area contributed by atoms with Gasteiger partial charge in [0.2, 0.25) is 0 Å². The van der Waals surface area contributed by atoms with Crippen molar-refractivity contribution in [1.29, 1.82) is 5.26 Å². The minimum absolute atomic E-state index is 0.735. The first-order valence-electron chi connectivity index (χ1n) is 6.21. The molecule has 4 heteroatoms. The van der Waals surface area contributed by atoms with Gasteiger partial charge >= 0.3 is 0 Å². The first-order chi connectivity index (χ1) is 9.26. The minimum Gasteiger partial charge on any atom is -0.497 e. The smallest absolute Gasteiger partial charge is 0.135 e. The molecule has 0 amide bonds. The average Bonchev–Trinajstić information content (AvgIpc) is 2.98. The molecular weight excluding hydrogens is 304 g/mol. The topological polar surface area (TPSA) is 37.9 Å². The summed E-state index contributed by atoms with van der Waals surface area (Å²) in [5.74, 6) is 0.844. The standard InChI is InChI=1S/C15H13BrN2O/c1-19-11-6-4-10(5-7-11)14-12-3-2-8-18(12)13(9-17)15(14)16/h4-7H,2-3,8H2,1H3. The molecular formula is C15H13BrN2O. The van der Waals surface area contributed by atoms with E-state index in [2.05, 4.69) is 26.6 Å². The molecule has 0 aliphatic carbocycles. The summed E-state index contributed by atoms with van der Waals surface area (Å²) in [6, 6.07) is 10.3. The van der Waals surface area contributed by atoms with Gasteiger partial charge in [0, 0.05) is 17.8 Å². The molecule has 0 saturated carbocycles. The number of nitrogens with zero attached hydrogens (tertiary/aromatic N) is 2. The Morgan fingerprint density at radius 1 is 1.32 bits per heavy atom. The van der Waals surface area contributed by atoms with Gasteiger partial charge in [0.25, 0.3) is 0 Å². The number of hydrogen-bond acceptors (Lipinski definition) is 2. The molecule has 3 nitrogen and oxygen atoms in total. The fraction of sp³-hybridized carbons (Fsp3) is 0.267. The molecule has 1 aliphatic heterocycles. The van der Waals surface area contributed by atoms with Crippen LogP contribution in [-0.4, -0.2) is 11.7 Å². The van der Waals surface area contributed by atoms with Gasteiger partial charge in [0.15, 0.2) is 0 Å². The van der Waals surface area contributed by atoms with Crippen molar-refractivity contribution < 1.29 is 4.74 Å². The van der Waals surface area contributed by atoms with Crippen molar-refractivity contribution in [2.75, 3.05) is 7.11 Å². The number of aromatic nitrogens is 1. The Morgan fingerprint density at radius 3 is 2.68 bits per heavy atom. The summed E-state index contributed by atoms with van der Waals surface area (Å²) in [5, 5.41) is 9.30. The van der Waals surface area contributed by atoms with Crippen molar-refractivity contribution in [1.82, 2.24) is 4.57 Å². The van der Waals surface area contributed by atoms with Gasteiger partial charge in [-0.15, -0.1) is 0 Å². The van der Waals surface area contributed by atoms with E-state index < -0.39 is 0 Å². The van der Waals surface area contributed by atoms with Gasteiger partial charge in [0.05, 0.1) is 11.6 Å². The van der Waals surface area contributed by atoms with E-state index in [4.69, 9.17) is 4.74 Å². The van der Waals surface area contributed by atoms with E-state index in [9.17, 15) is 5.26 Å². The Kier molecular flexibility index (Phi) is 3.08. The van der Waals surface area contributed by atoms with Gasteiger partial charge in [-0.05, 0) is 46.5 Å². The second-order valence-electron chi connectivity index (χ2n) is 4.58. The van der Waals surface area contributed by atoms with Crippen molar-refractivity contribution >= 4 is 15.9 Å². The highest BCUT2D eigenvalue weighted by atomic mass is 79.9. The molecule has 96 valence electrons. The molecule has 0 N–H and O–H groups in total. The number of hydrogen-bond donors (Lipinski definition) is 0. The zero-order valence-electron chi connectivity index (χ0n) is 10.6. The van der Waals surface area contributed by atoms with Crippen molar-refractivity contribution in [3.05, 3.63) is 40.1 Å². The van der Waals surface area contributed by atoms with E-state index in [1.165, 1.54) is 5.69 Å². The van der Waals surface area contributed by atoms with Crippen LogP contribution in [0.15, 0.2) is 28.7 Å². The maximum Gasteiger partial charge on any atom is 0.135 e. The molecule has 1 aliphatic rings. The largest absolute Gasteiger partial charge is 0.497 e. The SMILES string of the molecule is COc1ccc(-c2c(Br)c(C#N)n3c2CCC3)cc1. The molecule has 1 aromatic heterocycles. The molecule has 0 atom stereocenters. The zero-order valence-corrected chi connectivity index (χ0v) is 12.2. The lowest BCUT2D eigenvalue weighted by Gasteiger charge is -2.05. The second-order valence-corrected chi connectivity index (χ2v) is 5.37. The summed E-state index contributed by atoms with van der Waals surface area (Å²) in [6.45, 7) is 0.937. The molecule has 2 heterocycles. The van der Waals surface area contributed by atoms with Gasteiger partial charge in [0.1, 0.15) is 17.5 Å². The van der Waals surface area contributed by atoms with Gasteiger partial charge < -0.3 is 9.30 Å². The number of ether oxygens (including phenoxy) is 1. The predicted molar refractivity (Wildman–Crippen MR) is 77.2 cm³/mol. The predicted octanol–water partition coefficient (Wildman–Crippen LogP) is 3.74. The van der Waals surface area contributed by atoms with Crippen LogP contribution >= 0.6 is 15.9 Å². The van der Waals surface area contributed by atoms with Crippen LogP contribution in [0.25, 0.3) is 11.1 Å². The average molecular weight is 317 g/mol. The maximum atomic E-state index is 9.30. The minimum atomic E-state index is 0.735. The normalized spacial score (nSPS) is 13.1. The van der Waals surface area contributed by atoms with Crippen LogP contribution in [0, 0.1) is 11.3 Å². The fourth-order valence-corrected chi connectivity index (χ4v) is 3.47. The number of nitriles is 1. The van der Waals surface area contributed by atoms with Crippen LogP contribution in [0.2, 0.25) is 0 Å². The highest BCUT2D eigenvalue weighted by Gasteiger charge is 2.25. The number of methoxy groups -OCH3 is 1. The summed E-state index contributed by atoms with van der Waals surface area (Å²) < 4.78 is 8.23. The molecule has 19 heavy (non-hydrogen) atoms. The third kappa shape index (κ3) is 1.85. The Bertz CT molecular complexity index is 665. The fourth-order valence-electron chi connectivity index (χ4n) is 2.71. The molecule has 1 aromatic carbocycles. The van der Waals surface area contributed by atoms with Crippen LogP contribution < -0.4 is 4.74 Å². The Morgan fingerprint density at radius 2 is 2.05 bits per heavy atom. The van der Waals surface area contributed by atoms with Crippen LogP contribution in [0.5, 0.6) is 5.75 Å². The summed E-state index contributed by atoms with van der Waals surface area (Å²) in [4.78, 5) is 0. The van der Waals surface area contributed by atoms with Crippen LogP contribution in [0.3, 0.4) is 0 Å².